The molecule has 1 saturated heterocycles. The number of aromatic nitrogens is 2. The van der Waals surface area contributed by atoms with Gasteiger partial charge in [0.05, 0.1) is 0 Å². The third-order valence-corrected chi connectivity index (χ3v) is 4.47. The number of ether oxygens (including phenoxy) is 2. The Bertz CT molecular complexity index is 583. The van der Waals surface area contributed by atoms with Crippen LogP contribution in [-0.2, 0) is 27.1 Å². The molecular formula is C16H24N2O4. The van der Waals surface area contributed by atoms with Crippen LogP contribution in [0.25, 0.3) is 0 Å². The standard InChI is InChI=1S/C16H24N2O4/c1-2-5-15(19)22-11-7-8-13-12(10-11)16(20)17-18(13)14-6-3-4-9-21-14/h11,14H,2-10H2,1H3,(H,17,20). The van der Waals surface area contributed by atoms with E-state index >= 15 is 0 Å². The Balaban J connectivity index is 1.73. The zero-order valence-corrected chi connectivity index (χ0v) is 13.1. The maximum Gasteiger partial charge on any atom is 0.306 e. The summed E-state index contributed by atoms with van der Waals surface area (Å²) in [4.78, 5) is 23.8. The number of aromatic amines is 1. The first-order valence-corrected chi connectivity index (χ1v) is 8.32. The van der Waals surface area contributed by atoms with Gasteiger partial charge in [-0.2, -0.15) is 0 Å². The van der Waals surface area contributed by atoms with Gasteiger partial charge in [0, 0.05) is 30.7 Å². The quantitative estimate of drug-likeness (QED) is 0.864. The van der Waals surface area contributed by atoms with E-state index in [4.69, 9.17) is 9.47 Å². The smallest absolute Gasteiger partial charge is 0.306 e. The zero-order chi connectivity index (χ0) is 15.5. The second-order valence-corrected chi connectivity index (χ2v) is 6.16. The zero-order valence-electron chi connectivity index (χ0n) is 13.1. The van der Waals surface area contributed by atoms with Crippen LogP contribution in [0, 0.1) is 0 Å². The van der Waals surface area contributed by atoms with Crippen molar-refractivity contribution >= 4 is 5.97 Å². The number of fused-ring (bicyclic) bond motifs is 1. The molecule has 22 heavy (non-hydrogen) atoms. The van der Waals surface area contributed by atoms with E-state index in [1.165, 1.54) is 0 Å². The molecule has 0 spiro atoms. The minimum atomic E-state index is -0.171. The Morgan fingerprint density at radius 2 is 2.27 bits per heavy atom. The van der Waals surface area contributed by atoms with Crippen LogP contribution in [0.3, 0.4) is 0 Å². The van der Waals surface area contributed by atoms with Crippen LogP contribution in [0.1, 0.15) is 62.9 Å². The van der Waals surface area contributed by atoms with Crippen LogP contribution in [0.5, 0.6) is 0 Å². The summed E-state index contributed by atoms with van der Waals surface area (Å²) in [6, 6.07) is 0. The Hall–Kier alpha value is -1.56. The fourth-order valence-electron chi connectivity index (χ4n) is 3.35. The lowest BCUT2D eigenvalue weighted by Crippen LogP contribution is -2.28. The van der Waals surface area contributed by atoms with Gasteiger partial charge >= 0.3 is 5.97 Å². The predicted molar refractivity (Wildman–Crippen MR) is 80.7 cm³/mol. The largest absolute Gasteiger partial charge is 0.462 e. The number of hydrogen-bond donors (Lipinski definition) is 1. The molecule has 2 atom stereocenters. The molecule has 6 nitrogen and oxygen atoms in total. The lowest BCUT2D eigenvalue weighted by Gasteiger charge is -2.28. The summed E-state index contributed by atoms with van der Waals surface area (Å²) in [5.41, 5.74) is 1.72. The van der Waals surface area contributed by atoms with Gasteiger partial charge < -0.3 is 9.47 Å². The predicted octanol–water partition coefficient (Wildman–Crippen LogP) is 2.08. The lowest BCUT2D eigenvalue weighted by atomic mass is 9.95. The average Bonchev–Trinajstić information content (AvgIpc) is 2.85. The first-order valence-electron chi connectivity index (χ1n) is 8.32. The van der Waals surface area contributed by atoms with Crippen molar-refractivity contribution in [3.05, 3.63) is 21.6 Å². The molecule has 0 amide bonds. The molecule has 0 aromatic carbocycles. The van der Waals surface area contributed by atoms with Crippen LogP contribution in [-0.4, -0.2) is 28.5 Å². The van der Waals surface area contributed by atoms with E-state index in [1.54, 1.807) is 0 Å². The van der Waals surface area contributed by atoms with Crippen LogP contribution in [0.15, 0.2) is 4.79 Å². The molecular weight excluding hydrogens is 284 g/mol. The third kappa shape index (κ3) is 3.11. The number of esters is 1. The van der Waals surface area contributed by atoms with Gasteiger partial charge in [-0.3, -0.25) is 19.4 Å². The van der Waals surface area contributed by atoms with Gasteiger partial charge in [-0.1, -0.05) is 6.92 Å². The second-order valence-electron chi connectivity index (χ2n) is 6.16. The highest BCUT2D eigenvalue weighted by Gasteiger charge is 2.29. The van der Waals surface area contributed by atoms with Gasteiger partial charge in [-0.05, 0) is 38.5 Å². The van der Waals surface area contributed by atoms with E-state index in [2.05, 4.69) is 5.10 Å². The monoisotopic (exact) mass is 308 g/mol. The molecule has 6 heteroatoms. The first kappa shape index (κ1) is 15.3. The Morgan fingerprint density at radius 1 is 1.41 bits per heavy atom. The molecule has 2 heterocycles. The number of hydrogen-bond acceptors (Lipinski definition) is 4. The van der Waals surface area contributed by atoms with E-state index in [9.17, 15) is 9.59 Å². The van der Waals surface area contributed by atoms with Crippen molar-refractivity contribution in [1.82, 2.24) is 9.78 Å². The fourth-order valence-corrected chi connectivity index (χ4v) is 3.35. The number of carbonyl (C=O) groups excluding carboxylic acids is 1. The average molecular weight is 308 g/mol. The molecule has 1 aliphatic carbocycles. The van der Waals surface area contributed by atoms with E-state index in [0.717, 1.165) is 56.4 Å². The van der Waals surface area contributed by atoms with E-state index in [1.807, 2.05) is 11.6 Å². The highest BCUT2D eigenvalue weighted by Crippen LogP contribution is 2.27. The van der Waals surface area contributed by atoms with Gasteiger partial charge in [0.2, 0.25) is 0 Å². The number of nitrogens with one attached hydrogen (secondary N) is 1. The van der Waals surface area contributed by atoms with Crippen molar-refractivity contribution in [2.75, 3.05) is 6.61 Å². The van der Waals surface area contributed by atoms with Crippen molar-refractivity contribution in [1.29, 1.82) is 0 Å². The van der Waals surface area contributed by atoms with Crippen molar-refractivity contribution in [3.63, 3.8) is 0 Å². The molecule has 0 radical (unpaired) electrons. The van der Waals surface area contributed by atoms with Crippen LogP contribution in [0.4, 0.5) is 0 Å². The summed E-state index contributed by atoms with van der Waals surface area (Å²) in [6.07, 6.45) is 6.18. The van der Waals surface area contributed by atoms with Gasteiger partial charge in [-0.15, -0.1) is 0 Å². The van der Waals surface area contributed by atoms with Gasteiger partial charge in [0.1, 0.15) is 12.3 Å². The summed E-state index contributed by atoms with van der Waals surface area (Å²) in [6.45, 7) is 2.70. The van der Waals surface area contributed by atoms with Crippen LogP contribution >= 0.6 is 0 Å². The summed E-state index contributed by atoms with van der Waals surface area (Å²) in [5, 5.41) is 2.92. The first-order chi connectivity index (χ1) is 10.7. The minimum absolute atomic E-state index is 0.0515. The van der Waals surface area contributed by atoms with E-state index in [-0.39, 0.29) is 23.9 Å². The Labute approximate surface area is 129 Å². The fraction of sp³-hybridized carbons (Fsp3) is 0.750. The van der Waals surface area contributed by atoms with Crippen LogP contribution in [0.2, 0.25) is 0 Å². The summed E-state index contributed by atoms with van der Waals surface area (Å²) in [5.74, 6) is -0.164. The van der Waals surface area contributed by atoms with Crippen molar-refractivity contribution in [3.8, 4) is 0 Å². The highest BCUT2D eigenvalue weighted by atomic mass is 16.5. The van der Waals surface area contributed by atoms with Crippen LogP contribution < -0.4 is 5.56 Å². The summed E-state index contributed by atoms with van der Waals surface area (Å²) in [7, 11) is 0. The molecule has 1 N–H and O–H groups in total. The molecule has 1 fully saturated rings. The van der Waals surface area contributed by atoms with E-state index in [0.29, 0.717) is 12.8 Å². The number of rotatable bonds is 4. The summed E-state index contributed by atoms with van der Waals surface area (Å²) < 4.78 is 13.1. The SMILES string of the molecule is CCCC(=O)OC1CCc2c(c(=O)[nH]n2C2CCCCO2)C1. The topological polar surface area (TPSA) is 73.3 Å². The Morgan fingerprint density at radius 3 is 3.00 bits per heavy atom. The van der Waals surface area contributed by atoms with E-state index < -0.39 is 0 Å². The maximum absolute atomic E-state index is 12.2. The van der Waals surface area contributed by atoms with Gasteiger partial charge in [0.25, 0.3) is 5.56 Å². The van der Waals surface area contributed by atoms with Gasteiger partial charge in [0.15, 0.2) is 0 Å². The minimum Gasteiger partial charge on any atom is -0.462 e. The molecule has 2 unspecified atom stereocenters. The Kier molecular flexibility index (Phi) is 4.66. The molecule has 3 rings (SSSR count). The maximum atomic E-state index is 12.2. The van der Waals surface area contributed by atoms with Crippen molar-refractivity contribution in [2.45, 2.75) is 70.6 Å². The lowest BCUT2D eigenvalue weighted by molar-refractivity contribution is -0.149. The molecule has 1 aromatic rings. The third-order valence-electron chi connectivity index (χ3n) is 4.47. The van der Waals surface area contributed by atoms with Gasteiger partial charge in [-0.25, -0.2) is 0 Å². The second kappa shape index (κ2) is 6.69. The molecule has 2 aliphatic rings. The molecule has 1 aromatic heterocycles. The van der Waals surface area contributed by atoms with Crippen molar-refractivity contribution < 1.29 is 14.3 Å². The molecule has 0 saturated carbocycles. The highest BCUT2D eigenvalue weighted by molar-refractivity contribution is 5.69. The molecule has 1 aliphatic heterocycles. The number of nitrogens with zero attached hydrogens (tertiary/aromatic N) is 1. The number of carbonyl (C=O) groups is 1. The normalized spacial score (nSPS) is 24.8. The summed E-state index contributed by atoms with van der Waals surface area (Å²) >= 11 is 0. The molecule has 0 bridgehead atoms. The molecule has 122 valence electrons. The van der Waals surface area contributed by atoms with Crippen molar-refractivity contribution in [2.24, 2.45) is 0 Å². The number of H-pyrrole nitrogens is 1.